The van der Waals surface area contributed by atoms with E-state index in [4.69, 9.17) is 4.98 Å². The number of aliphatic carboxylic acids is 1. The molecule has 2 unspecified atom stereocenters. The zero-order valence-electron chi connectivity index (χ0n) is 16.7. The van der Waals surface area contributed by atoms with E-state index in [0.717, 1.165) is 74.0 Å². The second-order valence-electron chi connectivity index (χ2n) is 8.07. The van der Waals surface area contributed by atoms with Crippen LogP contribution in [0.5, 0.6) is 0 Å². The predicted octanol–water partition coefficient (Wildman–Crippen LogP) is 2.31. The van der Waals surface area contributed by atoms with Crippen molar-refractivity contribution >= 4 is 33.3 Å². The third kappa shape index (κ3) is 4.14. The van der Waals surface area contributed by atoms with Crippen LogP contribution < -0.4 is 4.90 Å². The Morgan fingerprint density at radius 3 is 2.79 bits per heavy atom. The molecule has 4 rings (SSSR count). The van der Waals surface area contributed by atoms with Crippen molar-refractivity contribution in [2.75, 3.05) is 51.2 Å². The molecule has 0 amide bonds. The maximum atomic E-state index is 11.3. The number of carboxylic acids is 1. The van der Waals surface area contributed by atoms with Gasteiger partial charge in [0.05, 0.1) is 5.39 Å². The lowest BCUT2D eigenvalue weighted by atomic mass is 9.86. The molecule has 2 aliphatic heterocycles. The van der Waals surface area contributed by atoms with Crippen molar-refractivity contribution < 1.29 is 9.90 Å². The predicted molar refractivity (Wildman–Crippen MR) is 112 cm³/mol. The number of nitrogens with zero attached hydrogens (tertiary/aromatic N) is 5. The molecule has 2 aliphatic rings. The number of piperazine rings is 1. The summed E-state index contributed by atoms with van der Waals surface area (Å²) < 4.78 is 0. The number of piperidine rings is 1. The van der Waals surface area contributed by atoms with Gasteiger partial charge >= 0.3 is 5.97 Å². The van der Waals surface area contributed by atoms with Crippen molar-refractivity contribution in [3.05, 3.63) is 17.3 Å². The van der Waals surface area contributed by atoms with E-state index < -0.39 is 5.97 Å². The minimum absolute atomic E-state index is 0.236. The zero-order chi connectivity index (χ0) is 19.7. The van der Waals surface area contributed by atoms with Gasteiger partial charge in [0.2, 0.25) is 0 Å². The van der Waals surface area contributed by atoms with Gasteiger partial charge < -0.3 is 14.9 Å². The van der Waals surface area contributed by atoms with Crippen molar-refractivity contribution in [1.82, 2.24) is 19.8 Å². The number of thiophene rings is 1. The average molecular weight is 404 g/mol. The molecule has 0 radical (unpaired) electrons. The first-order chi connectivity index (χ1) is 13.5. The first kappa shape index (κ1) is 19.5. The van der Waals surface area contributed by atoms with Crippen LogP contribution in [0.2, 0.25) is 0 Å². The van der Waals surface area contributed by atoms with Gasteiger partial charge in [-0.25, -0.2) is 9.97 Å². The first-order valence-electron chi connectivity index (χ1n) is 10.1. The van der Waals surface area contributed by atoms with Crippen LogP contribution in [0.15, 0.2) is 11.4 Å². The summed E-state index contributed by atoms with van der Waals surface area (Å²) in [6.07, 6.45) is 2.02. The smallest absolute Gasteiger partial charge is 0.303 e. The molecule has 0 aromatic carbocycles. The van der Waals surface area contributed by atoms with Gasteiger partial charge in [-0.15, -0.1) is 11.3 Å². The largest absolute Gasteiger partial charge is 0.481 e. The van der Waals surface area contributed by atoms with Crippen molar-refractivity contribution in [2.24, 2.45) is 5.92 Å². The Balaban J connectivity index is 1.55. The van der Waals surface area contributed by atoms with E-state index in [1.807, 2.05) is 6.92 Å². The van der Waals surface area contributed by atoms with Crippen LogP contribution in [0.1, 0.15) is 25.1 Å². The number of carbonyl (C=O) groups is 1. The van der Waals surface area contributed by atoms with Gasteiger partial charge in [0.1, 0.15) is 16.5 Å². The van der Waals surface area contributed by atoms with Gasteiger partial charge in [0.15, 0.2) is 0 Å². The lowest BCUT2D eigenvalue weighted by Crippen LogP contribution is -2.56. The maximum Gasteiger partial charge on any atom is 0.303 e. The number of hydrogen-bond donors (Lipinski definition) is 1. The van der Waals surface area contributed by atoms with Crippen LogP contribution in [0.4, 0.5) is 5.82 Å². The molecule has 0 bridgehead atoms. The van der Waals surface area contributed by atoms with Crippen LogP contribution in [0.25, 0.3) is 10.2 Å². The van der Waals surface area contributed by atoms with Gasteiger partial charge in [-0.1, -0.05) is 0 Å². The molecular weight excluding hydrogens is 374 g/mol. The van der Waals surface area contributed by atoms with E-state index in [2.05, 4.69) is 38.2 Å². The third-order valence-corrected chi connectivity index (χ3v) is 6.95. The molecule has 1 N–H and O–H groups in total. The second kappa shape index (κ2) is 8.31. The summed E-state index contributed by atoms with van der Waals surface area (Å²) in [5, 5.41) is 12.4. The highest BCUT2D eigenvalue weighted by Crippen LogP contribution is 2.33. The summed E-state index contributed by atoms with van der Waals surface area (Å²) >= 11 is 1.65. The molecule has 2 saturated heterocycles. The number of likely N-dealkylation sites (N-methyl/N-ethyl adjacent to an activating group) is 1. The van der Waals surface area contributed by atoms with Gasteiger partial charge in [-0.3, -0.25) is 9.69 Å². The minimum Gasteiger partial charge on any atom is -0.481 e. The lowest BCUT2D eigenvalue weighted by molar-refractivity contribution is -0.137. The van der Waals surface area contributed by atoms with E-state index in [1.165, 1.54) is 0 Å². The summed E-state index contributed by atoms with van der Waals surface area (Å²) in [7, 11) is 2.17. The summed E-state index contributed by atoms with van der Waals surface area (Å²) in [6, 6.07) is 2.57. The lowest BCUT2D eigenvalue weighted by Gasteiger charge is -2.46. The Hall–Kier alpha value is -1.77. The van der Waals surface area contributed by atoms with E-state index in [0.29, 0.717) is 12.0 Å². The van der Waals surface area contributed by atoms with Crippen LogP contribution >= 0.6 is 11.3 Å². The SMILES string of the molecule is Cc1nc(N2CCC(N3CCN(C)CC3)C(CCC(=O)O)C2)c2ccsc2n1. The Bertz CT molecular complexity index is 833. The fraction of sp³-hybridized carbons (Fsp3) is 0.650. The second-order valence-corrected chi connectivity index (χ2v) is 8.96. The number of aromatic nitrogens is 2. The molecule has 0 spiro atoms. The topological polar surface area (TPSA) is 72.8 Å². The summed E-state index contributed by atoms with van der Waals surface area (Å²) in [5.74, 6) is 1.46. The van der Waals surface area contributed by atoms with Crippen LogP contribution in [0, 0.1) is 12.8 Å². The fourth-order valence-electron chi connectivity index (χ4n) is 4.62. The van der Waals surface area contributed by atoms with E-state index in [-0.39, 0.29) is 6.42 Å². The molecule has 152 valence electrons. The number of aryl methyl sites for hydroxylation is 1. The standard InChI is InChI=1S/C20H29N5O2S/c1-14-21-19(16-6-12-28-20(16)22-14)25-7-5-17(15(13-25)3-4-18(26)27)24-10-8-23(2)9-11-24/h6,12,15,17H,3-5,7-11,13H2,1-2H3,(H,26,27). The molecule has 0 aliphatic carbocycles. The molecule has 2 aromatic heterocycles. The molecule has 4 heterocycles. The quantitative estimate of drug-likeness (QED) is 0.821. The van der Waals surface area contributed by atoms with Crippen molar-refractivity contribution in [3.8, 4) is 0 Å². The highest BCUT2D eigenvalue weighted by molar-refractivity contribution is 7.16. The molecule has 8 heteroatoms. The van der Waals surface area contributed by atoms with E-state index in [9.17, 15) is 9.90 Å². The highest BCUT2D eigenvalue weighted by Gasteiger charge is 2.35. The monoisotopic (exact) mass is 403 g/mol. The number of rotatable bonds is 5. The highest BCUT2D eigenvalue weighted by atomic mass is 32.1. The maximum absolute atomic E-state index is 11.3. The van der Waals surface area contributed by atoms with Crippen LogP contribution in [-0.2, 0) is 4.79 Å². The zero-order valence-corrected chi connectivity index (χ0v) is 17.5. The van der Waals surface area contributed by atoms with Crippen molar-refractivity contribution in [1.29, 1.82) is 0 Å². The Morgan fingerprint density at radius 1 is 1.25 bits per heavy atom. The fourth-order valence-corrected chi connectivity index (χ4v) is 5.43. The molecule has 2 aromatic rings. The molecule has 0 saturated carbocycles. The number of hydrogen-bond acceptors (Lipinski definition) is 7. The number of carboxylic acid groups (broad SMARTS) is 1. The van der Waals surface area contributed by atoms with Crippen LogP contribution in [-0.4, -0.2) is 83.2 Å². The van der Waals surface area contributed by atoms with E-state index in [1.54, 1.807) is 11.3 Å². The molecule has 7 nitrogen and oxygen atoms in total. The third-order valence-electron chi connectivity index (χ3n) is 6.15. The van der Waals surface area contributed by atoms with Crippen molar-refractivity contribution in [2.45, 2.75) is 32.2 Å². The van der Waals surface area contributed by atoms with Gasteiger partial charge in [-0.2, -0.15) is 0 Å². The van der Waals surface area contributed by atoms with Crippen LogP contribution in [0.3, 0.4) is 0 Å². The molecule has 2 atom stereocenters. The molecule has 2 fully saturated rings. The van der Waals surface area contributed by atoms with Crippen molar-refractivity contribution in [3.63, 3.8) is 0 Å². The molecule has 28 heavy (non-hydrogen) atoms. The summed E-state index contributed by atoms with van der Waals surface area (Å²) in [5.41, 5.74) is 0. The minimum atomic E-state index is -0.702. The van der Waals surface area contributed by atoms with E-state index >= 15 is 0 Å². The normalized spacial score (nSPS) is 24.7. The number of fused-ring (bicyclic) bond motifs is 1. The van der Waals surface area contributed by atoms with Gasteiger partial charge in [0.25, 0.3) is 0 Å². The Kier molecular flexibility index (Phi) is 5.80. The Labute approximate surface area is 170 Å². The first-order valence-corrected chi connectivity index (χ1v) is 11.0. The Morgan fingerprint density at radius 2 is 2.04 bits per heavy atom. The van der Waals surface area contributed by atoms with Gasteiger partial charge in [-0.05, 0) is 44.2 Å². The molecular formula is C20H29N5O2S. The number of anilines is 1. The summed E-state index contributed by atoms with van der Waals surface area (Å²) in [6.45, 7) is 8.10. The summed E-state index contributed by atoms with van der Waals surface area (Å²) in [4.78, 5) is 28.9. The average Bonchev–Trinajstić information content (AvgIpc) is 3.14. The van der Waals surface area contributed by atoms with Gasteiger partial charge in [0, 0.05) is 51.7 Å².